The summed E-state index contributed by atoms with van der Waals surface area (Å²) in [6.07, 6.45) is 3.37. The number of phosphoric ester groups is 1. The van der Waals surface area contributed by atoms with Gasteiger partial charge in [-0.2, -0.15) is 0 Å². The fourth-order valence-electron chi connectivity index (χ4n) is 7.24. The maximum Gasteiger partial charge on any atom is 1.00 e. The first-order valence-corrected chi connectivity index (χ1v) is 12.1. The minimum Gasteiger partial charge on any atom is -1.00 e. The van der Waals surface area contributed by atoms with Crippen LogP contribution >= 0.6 is 7.82 Å². The molecule has 0 amide bonds. The van der Waals surface area contributed by atoms with Crippen molar-refractivity contribution in [1.29, 1.82) is 0 Å². The Morgan fingerprint density at radius 1 is 1.24 bits per heavy atom. The molecule has 4 aliphatic carbocycles. The van der Waals surface area contributed by atoms with Crippen molar-refractivity contribution in [3.05, 3.63) is 23.5 Å². The second-order valence-electron chi connectivity index (χ2n) is 9.87. The molecule has 0 aromatic heterocycles. The summed E-state index contributed by atoms with van der Waals surface area (Å²) in [5, 5.41) is 32.0. The Balaban J connectivity index is 0.00000289. The number of carbonyl (C=O) groups is 2. The summed E-state index contributed by atoms with van der Waals surface area (Å²) >= 11 is 0. The van der Waals surface area contributed by atoms with Crippen LogP contribution in [0.1, 0.15) is 48.8 Å². The molecule has 9 nitrogen and oxygen atoms in total. The zero-order valence-electron chi connectivity index (χ0n) is 21.5. The SMILES string of the molecule is C[C@@]12C(=CC(=O)C=C1OP(=O)(O)O)CC[C@@H]1[C@@H]2[C@@H](O)C[C@@]2(C)[C@H]1CC[C@]2(O)C(=O)CO.[H-].[H-].[Na+].[Na+]. The van der Waals surface area contributed by atoms with Gasteiger partial charge in [-0.3, -0.25) is 19.4 Å². The van der Waals surface area contributed by atoms with E-state index < -0.39 is 54.4 Å². The van der Waals surface area contributed by atoms with E-state index in [2.05, 4.69) is 0 Å². The normalized spacial score (nSPS) is 41.8. The van der Waals surface area contributed by atoms with Crippen molar-refractivity contribution in [3.8, 4) is 0 Å². The summed E-state index contributed by atoms with van der Waals surface area (Å²) in [5.41, 5.74) is -3.12. The smallest absolute Gasteiger partial charge is 1.00 e. The summed E-state index contributed by atoms with van der Waals surface area (Å²) in [5.74, 6) is -2.06. The number of aliphatic hydroxyl groups excluding tert-OH is 2. The molecule has 0 aromatic carbocycles. The number of ketones is 2. The molecule has 33 heavy (non-hydrogen) atoms. The first kappa shape index (κ1) is 29.9. The molecular weight excluding hydrogens is 473 g/mol. The van der Waals surface area contributed by atoms with Crippen LogP contribution in [-0.4, -0.2) is 55.0 Å². The van der Waals surface area contributed by atoms with E-state index in [1.54, 1.807) is 13.8 Å². The molecule has 0 unspecified atom stereocenters. The van der Waals surface area contributed by atoms with Crippen molar-refractivity contribution in [2.75, 3.05) is 6.61 Å². The van der Waals surface area contributed by atoms with Crippen LogP contribution < -0.4 is 59.1 Å². The second-order valence-corrected chi connectivity index (χ2v) is 11.0. The van der Waals surface area contributed by atoms with E-state index in [-0.39, 0.29) is 92.4 Å². The van der Waals surface area contributed by atoms with Gasteiger partial charge in [-0.25, -0.2) is 4.57 Å². The average molecular weight is 504 g/mol. The summed E-state index contributed by atoms with van der Waals surface area (Å²) < 4.78 is 16.6. The van der Waals surface area contributed by atoms with Crippen molar-refractivity contribution >= 4 is 19.4 Å². The Kier molecular flexibility index (Phi) is 8.91. The number of hydrogen-bond acceptors (Lipinski definition) is 7. The van der Waals surface area contributed by atoms with Crippen molar-refractivity contribution in [2.45, 2.75) is 57.7 Å². The number of rotatable bonds is 4. The number of Topliss-reactive ketones (excluding diaryl/α,β-unsaturated/α-hetero) is 1. The molecule has 12 heteroatoms. The summed E-state index contributed by atoms with van der Waals surface area (Å²) in [6.45, 7) is 2.73. The maximum absolute atomic E-state index is 12.5. The molecule has 176 valence electrons. The molecule has 0 bridgehead atoms. The Morgan fingerprint density at radius 3 is 2.45 bits per heavy atom. The predicted octanol–water partition coefficient (Wildman–Crippen LogP) is -4.77. The van der Waals surface area contributed by atoms with Gasteiger partial charge in [0.25, 0.3) is 0 Å². The molecule has 0 radical (unpaired) electrons. The van der Waals surface area contributed by atoms with Gasteiger partial charge in [0.05, 0.1) is 11.5 Å². The summed E-state index contributed by atoms with van der Waals surface area (Å²) in [6, 6.07) is 0. The van der Waals surface area contributed by atoms with E-state index in [9.17, 15) is 39.3 Å². The van der Waals surface area contributed by atoms with Crippen molar-refractivity contribution in [2.24, 2.45) is 28.6 Å². The number of hydrogen-bond donors (Lipinski definition) is 5. The average Bonchev–Trinajstić information content (AvgIpc) is 2.92. The molecule has 0 heterocycles. The quantitative estimate of drug-likeness (QED) is 0.187. The molecule has 4 rings (SSSR count). The van der Waals surface area contributed by atoms with Gasteiger partial charge in [-0.15, -0.1) is 0 Å². The Hall–Kier alpha value is 0.650. The van der Waals surface area contributed by atoms with E-state index in [0.717, 1.165) is 6.08 Å². The largest absolute Gasteiger partial charge is 1.00 e. The Morgan fingerprint density at radius 2 is 1.88 bits per heavy atom. The third-order valence-corrected chi connectivity index (χ3v) is 9.05. The standard InChI is InChI=1S/C21H29O9P.2Na.2H/c1-19-9-15(24)18-13(14(19)5-6-21(19,26)16(25)10-22)4-3-11-7-12(23)8-17(20(11,18)2)30-31(27,28)29;;;;/h7-8,13-15,18,22,24,26H,3-6,9-10H2,1-2H3,(H2,27,28,29);;;;/q;2*+1;2*-1/t13-,14-,15-,18+,19-,20+,21-;;;;/m0..../s1. The van der Waals surface area contributed by atoms with Crippen LogP contribution in [-0.2, 0) is 18.7 Å². The second kappa shape index (κ2) is 9.84. The number of allylic oxidation sites excluding steroid dienone is 3. The number of carbonyl (C=O) groups excluding carboxylic acids is 2. The zero-order chi connectivity index (χ0) is 23.0. The number of fused-ring (bicyclic) bond motifs is 5. The van der Waals surface area contributed by atoms with Crippen LogP contribution in [0, 0.1) is 28.6 Å². The van der Waals surface area contributed by atoms with E-state index in [1.807, 2.05) is 0 Å². The third kappa shape index (κ3) is 4.49. The molecular formula is C21H31Na2O9P. The van der Waals surface area contributed by atoms with Gasteiger partial charge in [-0.1, -0.05) is 12.5 Å². The van der Waals surface area contributed by atoms with Crippen LogP contribution in [0.3, 0.4) is 0 Å². The van der Waals surface area contributed by atoms with Crippen LogP contribution in [0.2, 0.25) is 0 Å². The van der Waals surface area contributed by atoms with Gasteiger partial charge in [0, 0.05) is 17.4 Å². The summed E-state index contributed by atoms with van der Waals surface area (Å²) in [4.78, 5) is 43.5. The van der Waals surface area contributed by atoms with Gasteiger partial charge < -0.3 is 22.7 Å². The van der Waals surface area contributed by atoms with Crippen LogP contribution in [0.5, 0.6) is 0 Å². The summed E-state index contributed by atoms with van der Waals surface area (Å²) in [7, 11) is -4.95. The van der Waals surface area contributed by atoms with Crippen LogP contribution in [0.25, 0.3) is 0 Å². The van der Waals surface area contributed by atoms with Gasteiger partial charge in [0.15, 0.2) is 11.6 Å². The van der Waals surface area contributed by atoms with E-state index in [4.69, 9.17) is 4.52 Å². The van der Waals surface area contributed by atoms with Crippen molar-refractivity contribution < 1.29 is 106 Å². The monoisotopic (exact) mass is 504 g/mol. The zero-order valence-corrected chi connectivity index (χ0v) is 24.4. The molecule has 0 saturated heterocycles. The minimum atomic E-state index is -4.95. The molecule has 3 saturated carbocycles. The van der Waals surface area contributed by atoms with Gasteiger partial charge in [0.2, 0.25) is 0 Å². The van der Waals surface area contributed by atoms with Gasteiger partial charge >= 0.3 is 66.9 Å². The fraction of sp³-hybridized carbons (Fsp3) is 0.714. The van der Waals surface area contributed by atoms with Gasteiger partial charge in [-0.05, 0) is 56.9 Å². The predicted molar refractivity (Wildman–Crippen MR) is 109 cm³/mol. The van der Waals surface area contributed by atoms with Crippen LogP contribution in [0.15, 0.2) is 23.5 Å². The number of phosphoric acid groups is 1. The Labute approximate surface area is 239 Å². The van der Waals surface area contributed by atoms with Crippen molar-refractivity contribution in [3.63, 3.8) is 0 Å². The minimum absolute atomic E-state index is 0. The first-order chi connectivity index (χ1) is 14.3. The van der Waals surface area contributed by atoms with Gasteiger partial charge in [0.1, 0.15) is 18.0 Å². The first-order valence-electron chi connectivity index (χ1n) is 10.5. The molecule has 4 aliphatic rings. The van der Waals surface area contributed by atoms with E-state index in [1.165, 1.54) is 6.08 Å². The Bertz CT molecular complexity index is 957. The third-order valence-electron chi connectivity index (χ3n) is 8.61. The molecule has 7 atom stereocenters. The van der Waals surface area contributed by atoms with Crippen LogP contribution in [0.4, 0.5) is 0 Å². The molecule has 3 fully saturated rings. The molecule has 5 N–H and O–H groups in total. The molecule has 0 spiro atoms. The van der Waals surface area contributed by atoms with Crippen molar-refractivity contribution in [1.82, 2.24) is 0 Å². The van der Waals surface area contributed by atoms with E-state index >= 15 is 0 Å². The van der Waals surface area contributed by atoms with E-state index in [0.29, 0.717) is 24.8 Å². The molecule has 0 aromatic rings. The fourth-order valence-corrected chi connectivity index (χ4v) is 7.74. The maximum atomic E-state index is 12.5. The molecule has 0 aliphatic heterocycles. The number of aliphatic hydroxyl groups is 3. The topological polar surface area (TPSA) is 162 Å².